The van der Waals surface area contributed by atoms with E-state index in [0.717, 1.165) is 12.0 Å². The molecule has 0 aromatic heterocycles. The summed E-state index contributed by atoms with van der Waals surface area (Å²) in [4.78, 5) is 24.0. The standard InChI is InChI=1S/C18H26N2O2/c1-13-7-3-5-9-15(13)18(22)19-12-11-17(21)20-16-10-6-4-8-14(16)2/h3,5,7,9,14,16H,4,6,8,10-12H2,1-2H3,(H,19,22)(H,20,21)/t14-,16+/m1/s1. The molecule has 2 amide bonds. The minimum absolute atomic E-state index is 0.0313. The van der Waals surface area contributed by atoms with Crippen LogP contribution in [0.15, 0.2) is 24.3 Å². The largest absolute Gasteiger partial charge is 0.353 e. The van der Waals surface area contributed by atoms with Crippen LogP contribution in [0.2, 0.25) is 0 Å². The molecule has 22 heavy (non-hydrogen) atoms. The molecule has 120 valence electrons. The van der Waals surface area contributed by atoms with Crippen LogP contribution in [0.5, 0.6) is 0 Å². The lowest BCUT2D eigenvalue weighted by Gasteiger charge is -2.29. The van der Waals surface area contributed by atoms with E-state index in [1.165, 1.54) is 19.3 Å². The summed E-state index contributed by atoms with van der Waals surface area (Å²) in [5.41, 5.74) is 1.62. The first kappa shape index (κ1) is 16.5. The molecule has 0 aliphatic heterocycles. The zero-order valence-corrected chi connectivity index (χ0v) is 13.5. The monoisotopic (exact) mass is 302 g/mol. The first-order valence-electron chi connectivity index (χ1n) is 8.21. The average molecular weight is 302 g/mol. The lowest BCUT2D eigenvalue weighted by atomic mass is 9.86. The van der Waals surface area contributed by atoms with Gasteiger partial charge in [0.15, 0.2) is 0 Å². The number of amides is 2. The summed E-state index contributed by atoms with van der Waals surface area (Å²) in [6.45, 7) is 4.48. The van der Waals surface area contributed by atoms with E-state index in [-0.39, 0.29) is 11.8 Å². The Kier molecular flexibility index (Phi) is 5.99. The maximum atomic E-state index is 12.0. The molecule has 1 aromatic carbocycles. The number of carbonyl (C=O) groups excluding carboxylic acids is 2. The minimum Gasteiger partial charge on any atom is -0.353 e. The summed E-state index contributed by atoms with van der Waals surface area (Å²) in [5.74, 6) is 0.472. The van der Waals surface area contributed by atoms with Crippen molar-refractivity contribution < 1.29 is 9.59 Å². The molecule has 1 fully saturated rings. The van der Waals surface area contributed by atoms with Gasteiger partial charge >= 0.3 is 0 Å². The number of rotatable bonds is 5. The predicted molar refractivity (Wildman–Crippen MR) is 87.7 cm³/mol. The first-order chi connectivity index (χ1) is 10.6. The SMILES string of the molecule is Cc1ccccc1C(=O)NCCC(=O)N[C@H]1CCCC[C@H]1C. The molecule has 2 atom stereocenters. The molecule has 0 radical (unpaired) electrons. The third kappa shape index (κ3) is 4.58. The van der Waals surface area contributed by atoms with Gasteiger partial charge in [-0.05, 0) is 37.3 Å². The van der Waals surface area contributed by atoms with Gasteiger partial charge in [-0.15, -0.1) is 0 Å². The zero-order valence-electron chi connectivity index (χ0n) is 13.5. The van der Waals surface area contributed by atoms with E-state index in [0.29, 0.717) is 30.5 Å². The highest BCUT2D eigenvalue weighted by Crippen LogP contribution is 2.23. The highest BCUT2D eigenvalue weighted by atomic mass is 16.2. The normalized spacial score (nSPS) is 21.2. The van der Waals surface area contributed by atoms with E-state index in [1.807, 2.05) is 25.1 Å². The molecule has 0 heterocycles. The van der Waals surface area contributed by atoms with Gasteiger partial charge in [-0.3, -0.25) is 9.59 Å². The Bertz CT molecular complexity index is 528. The summed E-state index contributed by atoms with van der Waals surface area (Å²) in [7, 11) is 0. The topological polar surface area (TPSA) is 58.2 Å². The fourth-order valence-corrected chi connectivity index (χ4v) is 3.02. The third-order valence-corrected chi connectivity index (χ3v) is 4.49. The smallest absolute Gasteiger partial charge is 0.251 e. The lowest BCUT2D eigenvalue weighted by molar-refractivity contribution is -0.122. The Labute approximate surface area is 132 Å². The van der Waals surface area contributed by atoms with E-state index in [4.69, 9.17) is 0 Å². The number of benzene rings is 1. The molecular formula is C18H26N2O2. The van der Waals surface area contributed by atoms with Gasteiger partial charge in [0.05, 0.1) is 0 Å². The van der Waals surface area contributed by atoms with Gasteiger partial charge in [-0.2, -0.15) is 0 Å². The van der Waals surface area contributed by atoms with E-state index in [2.05, 4.69) is 17.6 Å². The number of hydrogen-bond acceptors (Lipinski definition) is 2. The van der Waals surface area contributed by atoms with Gasteiger partial charge in [-0.1, -0.05) is 38.0 Å². The van der Waals surface area contributed by atoms with Crippen LogP contribution in [0, 0.1) is 12.8 Å². The molecule has 4 heteroatoms. The maximum Gasteiger partial charge on any atom is 0.251 e. The van der Waals surface area contributed by atoms with Crippen molar-refractivity contribution in [3.8, 4) is 0 Å². The van der Waals surface area contributed by atoms with E-state index < -0.39 is 0 Å². The highest BCUT2D eigenvalue weighted by Gasteiger charge is 2.22. The summed E-state index contributed by atoms with van der Waals surface area (Å²) in [5, 5.41) is 5.92. The Morgan fingerprint density at radius 3 is 2.64 bits per heavy atom. The summed E-state index contributed by atoms with van der Waals surface area (Å²) in [6.07, 6.45) is 5.05. The van der Waals surface area contributed by atoms with Crippen LogP contribution in [-0.2, 0) is 4.79 Å². The second kappa shape index (κ2) is 7.97. The van der Waals surface area contributed by atoms with E-state index >= 15 is 0 Å². The maximum absolute atomic E-state index is 12.0. The van der Waals surface area contributed by atoms with Crippen molar-refractivity contribution in [1.82, 2.24) is 10.6 Å². The van der Waals surface area contributed by atoms with Gasteiger partial charge in [0.25, 0.3) is 5.91 Å². The van der Waals surface area contributed by atoms with Crippen LogP contribution in [-0.4, -0.2) is 24.4 Å². The van der Waals surface area contributed by atoms with Gasteiger partial charge in [0.2, 0.25) is 5.91 Å². The average Bonchev–Trinajstić information content (AvgIpc) is 2.50. The van der Waals surface area contributed by atoms with Crippen molar-refractivity contribution >= 4 is 11.8 Å². The molecule has 0 saturated heterocycles. The van der Waals surface area contributed by atoms with Gasteiger partial charge in [0.1, 0.15) is 0 Å². The number of hydrogen-bond donors (Lipinski definition) is 2. The van der Waals surface area contributed by atoms with Crippen LogP contribution >= 0.6 is 0 Å². The molecule has 4 nitrogen and oxygen atoms in total. The summed E-state index contributed by atoms with van der Waals surface area (Å²) < 4.78 is 0. The van der Waals surface area contributed by atoms with Gasteiger partial charge < -0.3 is 10.6 Å². The second-order valence-electron chi connectivity index (χ2n) is 6.26. The number of nitrogens with one attached hydrogen (secondary N) is 2. The van der Waals surface area contributed by atoms with Crippen molar-refractivity contribution in [3.63, 3.8) is 0 Å². The minimum atomic E-state index is -0.114. The molecule has 2 N–H and O–H groups in total. The molecule has 1 aliphatic rings. The Morgan fingerprint density at radius 2 is 1.91 bits per heavy atom. The van der Waals surface area contributed by atoms with Crippen molar-refractivity contribution in [2.24, 2.45) is 5.92 Å². The first-order valence-corrected chi connectivity index (χ1v) is 8.21. The quantitative estimate of drug-likeness (QED) is 0.878. The molecule has 1 aromatic rings. The van der Waals surface area contributed by atoms with Crippen molar-refractivity contribution in [1.29, 1.82) is 0 Å². The van der Waals surface area contributed by atoms with Crippen LogP contribution < -0.4 is 10.6 Å². The summed E-state index contributed by atoms with van der Waals surface area (Å²) in [6, 6.07) is 7.76. The van der Waals surface area contributed by atoms with Crippen molar-refractivity contribution in [2.45, 2.75) is 52.0 Å². The fraction of sp³-hybridized carbons (Fsp3) is 0.556. The van der Waals surface area contributed by atoms with Crippen molar-refractivity contribution in [3.05, 3.63) is 35.4 Å². The van der Waals surface area contributed by atoms with Gasteiger partial charge in [-0.25, -0.2) is 0 Å². The molecular weight excluding hydrogens is 276 g/mol. The molecule has 1 saturated carbocycles. The Balaban J connectivity index is 1.73. The second-order valence-corrected chi connectivity index (χ2v) is 6.26. The summed E-state index contributed by atoms with van der Waals surface area (Å²) >= 11 is 0. The van der Waals surface area contributed by atoms with Crippen LogP contribution in [0.3, 0.4) is 0 Å². The fourth-order valence-electron chi connectivity index (χ4n) is 3.02. The van der Waals surface area contributed by atoms with Gasteiger partial charge in [0, 0.05) is 24.6 Å². The van der Waals surface area contributed by atoms with Crippen LogP contribution in [0.1, 0.15) is 54.9 Å². The van der Waals surface area contributed by atoms with Crippen molar-refractivity contribution in [2.75, 3.05) is 6.54 Å². The van der Waals surface area contributed by atoms with Crippen LogP contribution in [0.25, 0.3) is 0 Å². The molecule has 2 rings (SSSR count). The van der Waals surface area contributed by atoms with Crippen LogP contribution in [0.4, 0.5) is 0 Å². The number of aryl methyl sites for hydroxylation is 1. The lowest BCUT2D eigenvalue weighted by Crippen LogP contribution is -2.42. The van der Waals surface area contributed by atoms with E-state index in [9.17, 15) is 9.59 Å². The highest BCUT2D eigenvalue weighted by molar-refractivity contribution is 5.95. The Morgan fingerprint density at radius 1 is 1.18 bits per heavy atom. The number of carbonyl (C=O) groups is 2. The predicted octanol–water partition coefficient (Wildman–Crippen LogP) is 2.81. The molecule has 0 unspecified atom stereocenters. The molecule has 0 spiro atoms. The molecule has 1 aliphatic carbocycles. The third-order valence-electron chi connectivity index (χ3n) is 4.49. The zero-order chi connectivity index (χ0) is 15.9. The Hall–Kier alpha value is -1.84. The van der Waals surface area contributed by atoms with E-state index in [1.54, 1.807) is 6.07 Å². The molecule has 0 bridgehead atoms.